The van der Waals surface area contributed by atoms with E-state index < -0.39 is 0 Å². The summed E-state index contributed by atoms with van der Waals surface area (Å²) in [6.07, 6.45) is 1.95. The molecule has 0 spiro atoms. The van der Waals surface area contributed by atoms with Gasteiger partial charge in [0.1, 0.15) is 0 Å². The van der Waals surface area contributed by atoms with Crippen LogP contribution in [0.15, 0.2) is 18.2 Å². The van der Waals surface area contributed by atoms with Gasteiger partial charge < -0.3 is 15.5 Å². The third-order valence-electron chi connectivity index (χ3n) is 3.95. The van der Waals surface area contributed by atoms with Gasteiger partial charge in [0.25, 0.3) is 5.91 Å². The van der Waals surface area contributed by atoms with E-state index in [1.165, 1.54) is 0 Å². The van der Waals surface area contributed by atoms with Crippen molar-refractivity contribution in [2.75, 3.05) is 25.2 Å². The summed E-state index contributed by atoms with van der Waals surface area (Å²) >= 11 is 0. The van der Waals surface area contributed by atoms with E-state index in [0.29, 0.717) is 17.8 Å². The zero-order chi connectivity index (χ0) is 14.6. The standard InChI is InChI=1S/C15H23N3O2/c1-11-3-4-13(18-16)12(9-11)14(19)17-10-15(2)5-7-20-8-6-15/h3-4,9,18H,5-8,10,16H2,1-2H3,(H,17,19). The molecular weight excluding hydrogens is 254 g/mol. The van der Waals surface area contributed by atoms with Crippen molar-refractivity contribution in [2.24, 2.45) is 11.3 Å². The van der Waals surface area contributed by atoms with Crippen molar-refractivity contribution >= 4 is 11.6 Å². The van der Waals surface area contributed by atoms with Crippen molar-refractivity contribution in [1.29, 1.82) is 0 Å². The van der Waals surface area contributed by atoms with E-state index >= 15 is 0 Å². The van der Waals surface area contributed by atoms with E-state index in [-0.39, 0.29) is 11.3 Å². The molecule has 1 aliphatic rings. The molecule has 1 saturated heterocycles. The van der Waals surface area contributed by atoms with Crippen LogP contribution in [0.25, 0.3) is 0 Å². The quantitative estimate of drug-likeness (QED) is 0.579. The van der Waals surface area contributed by atoms with Gasteiger partial charge in [-0.2, -0.15) is 0 Å². The first-order valence-electron chi connectivity index (χ1n) is 6.97. The molecule has 4 N–H and O–H groups in total. The van der Waals surface area contributed by atoms with E-state index in [1.807, 2.05) is 25.1 Å². The summed E-state index contributed by atoms with van der Waals surface area (Å²) in [5, 5.41) is 3.02. The summed E-state index contributed by atoms with van der Waals surface area (Å²) in [6, 6.07) is 5.59. The molecule has 1 fully saturated rings. The van der Waals surface area contributed by atoms with Gasteiger partial charge in [0, 0.05) is 19.8 Å². The molecule has 1 heterocycles. The maximum Gasteiger partial charge on any atom is 0.253 e. The first-order chi connectivity index (χ1) is 9.54. The molecule has 0 aliphatic carbocycles. The number of nitrogen functional groups attached to an aromatic ring is 1. The summed E-state index contributed by atoms with van der Waals surface area (Å²) in [7, 11) is 0. The Balaban J connectivity index is 2.03. The Labute approximate surface area is 119 Å². The average Bonchev–Trinajstić information content (AvgIpc) is 2.45. The molecular formula is C15H23N3O2. The predicted molar refractivity (Wildman–Crippen MR) is 79.5 cm³/mol. The zero-order valence-electron chi connectivity index (χ0n) is 12.2. The molecule has 1 amide bonds. The van der Waals surface area contributed by atoms with Gasteiger partial charge in [-0.05, 0) is 37.3 Å². The van der Waals surface area contributed by atoms with Gasteiger partial charge in [-0.1, -0.05) is 18.6 Å². The Morgan fingerprint density at radius 1 is 1.40 bits per heavy atom. The highest BCUT2D eigenvalue weighted by molar-refractivity contribution is 5.99. The second-order valence-corrected chi connectivity index (χ2v) is 5.80. The largest absolute Gasteiger partial charge is 0.381 e. The Morgan fingerprint density at radius 3 is 2.75 bits per heavy atom. The second kappa shape index (κ2) is 6.24. The minimum Gasteiger partial charge on any atom is -0.381 e. The van der Waals surface area contributed by atoms with E-state index in [9.17, 15) is 4.79 Å². The number of hydrogen-bond donors (Lipinski definition) is 3. The van der Waals surface area contributed by atoms with Crippen LogP contribution in [0, 0.1) is 12.3 Å². The van der Waals surface area contributed by atoms with Crippen molar-refractivity contribution in [2.45, 2.75) is 26.7 Å². The van der Waals surface area contributed by atoms with Gasteiger partial charge in [0.05, 0.1) is 11.3 Å². The number of hydrazine groups is 1. The normalized spacial score (nSPS) is 17.6. The first kappa shape index (κ1) is 14.8. The summed E-state index contributed by atoms with van der Waals surface area (Å²) in [4.78, 5) is 12.3. The molecule has 1 aromatic carbocycles. The number of hydrogen-bond acceptors (Lipinski definition) is 4. The molecule has 0 radical (unpaired) electrons. The monoisotopic (exact) mass is 277 g/mol. The number of carbonyl (C=O) groups is 1. The lowest BCUT2D eigenvalue weighted by molar-refractivity contribution is 0.0238. The van der Waals surface area contributed by atoms with Gasteiger partial charge >= 0.3 is 0 Å². The van der Waals surface area contributed by atoms with E-state index in [1.54, 1.807) is 0 Å². The Bertz CT molecular complexity index is 482. The fourth-order valence-electron chi connectivity index (χ4n) is 2.40. The van der Waals surface area contributed by atoms with Crippen LogP contribution < -0.4 is 16.6 Å². The van der Waals surface area contributed by atoms with Crippen molar-refractivity contribution in [3.8, 4) is 0 Å². The number of anilines is 1. The number of aryl methyl sites for hydroxylation is 1. The smallest absolute Gasteiger partial charge is 0.253 e. The van der Waals surface area contributed by atoms with Gasteiger partial charge in [-0.3, -0.25) is 10.6 Å². The van der Waals surface area contributed by atoms with Crippen molar-refractivity contribution < 1.29 is 9.53 Å². The molecule has 0 atom stereocenters. The van der Waals surface area contributed by atoms with Crippen LogP contribution >= 0.6 is 0 Å². The molecule has 5 nitrogen and oxygen atoms in total. The molecule has 5 heteroatoms. The number of carbonyl (C=O) groups excluding carboxylic acids is 1. The molecule has 0 saturated carbocycles. The lowest BCUT2D eigenvalue weighted by Gasteiger charge is -2.33. The molecule has 110 valence electrons. The van der Waals surface area contributed by atoms with Crippen LogP contribution in [0.5, 0.6) is 0 Å². The highest BCUT2D eigenvalue weighted by Crippen LogP contribution is 2.29. The van der Waals surface area contributed by atoms with Gasteiger partial charge in [-0.15, -0.1) is 0 Å². The van der Waals surface area contributed by atoms with Gasteiger partial charge in [0.15, 0.2) is 0 Å². The van der Waals surface area contributed by atoms with Crippen LogP contribution in [-0.2, 0) is 4.74 Å². The van der Waals surface area contributed by atoms with Gasteiger partial charge in [-0.25, -0.2) is 0 Å². The second-order valence-electron chi connectivity index (χ2n) is 5.80. The maximum atomic E-state index is 12.3. The van der Waals surface area contributed by atoms with Gasteiger partial charge in [0.2, 0.25) is 0 Å². The van der Waals surface area contributed by atoms with Crippen LogP contribution in [0.1, 0.15) is 35.7 Å². The molecule has 1 aromatic rings. The predicted octanol–water partition coefficient (Wildman–Crippen LogP) is 1.83. The molecule has 2 rings (SSSR count). The van der Waals surface area contributed by atoms with E-state index in [4.69, 9.17) is 10.6 Å². The van der Waals surface area contributed by atoms with Crippen LogP contribution in [-0.4, -0.2) is 25.7 Å². The number of ether oxygens (including phenoxy) is 1. The first-order valence-corrected chi connectivity index (χ1v) is 6.97. The lowest BCUT2D eigenvalue weighted by Crippen LogP contribution is -2.39. The summed E-state index contributed by atoms with van der Waals surface area (Å²) < 4.78 is 5.37. The lowest BCUT2D eigenvalue weighted by atomic mass is 9.82. The fraction of sp³-hybridized carbons (Fsp3) is 0.533. The van der Waals surface area contributed by atoms with E-state index in [0.717, 1.165) is 31.6 Å². The summed E-state index contributed by atoms with van der Waals surface area (Å²) in [5.41, 5.74) is 4.95. The van der Waals surface area contributed by atoms with Crippen LogP contribution in [0.2, 0.25) is 0 Å². The zero-order valence-corrected chi connectivity index (χ0v) is 12.2. The molecule has 0 aromatic heterocycles. The molecule has 20 heavy (non-hydrogen) atoms. The third kappa shape index (κ3) is 3.49. The van der Waals surface area contributed by atoms with E-state index in [2.05, 4.69) is 17.7 Å². The fourth-order valence-corrected chi connectivity index (χ4v) is 2.40. The SMILES string of the molecule is Cc1ccc(NN)c(C(=O)NCC2(C)CCOCC2)c1. The molecule has 0 bridgehead atoms. The number of rotatable bonds is 4. The Kier molecular flexibility index (Phi) is 4.62. The maximum absolute atomic E-state index is 12.3. The Hall–Kier alpha value is -1.59. The summed E-state index contributed by atoms with van der Waals surface area (Å²) in [6.45, 7) is 6.34. The minimum atomic E-state index is -0.0885. The van der Waals surface area contributed by atoms with Crippen molar-refractivity contribution in [1.82, 2.24) is 5.32 Å². The highest BCUT2D eigenvalue weighted by Gasteiger charge is 2.28. The van der Waals surface area contributed by atoms with Crippen LogP contribution in [0.4, 0.5) is 5.69 Å². The van der Waals surface area contributed by atoms with Crippen LogP contribution in [0.3, 0.4) is 0 Å². The number of nitrogens with two attached hydrogens (primary N) is 1. The summed E-state index contributed by atoms with van der Waals surface area (Å²) in [5.74, 6) is 5.37. The average molecular weight is 277 g/mol. The van der Waals surface area contributed by atoms with Crippen molar-refractivity contribution in [3.05, 3.63) is 29.3 Å². The molecule has 0 unspecified atom stereocenters. The number of benzene rings is 1. The third-order valence-corrected chi connectivity index (χ3v) is 3.95. The topological polar surface area (TPSA) is 76.4 Å². The minimum absolute atomic E-state index is 0.0885. The molecule has 1 aliphatic heterocycles. The Morgan fingerprint density at radius 2 is 2.10 bits per heavy atom. The number of amides is 1. The highest BCUT2D eigenvalue weighted by atomic mass is 16.5. The van der Waals surface area contributed by atoms with Crippen molar-refractivity contribution in [3.63, 3.8) is 0 Å². The number of nitrogens with one attached hydrogen (secondary N) is 2.